The van der Waals surface area contributed by atoms with Gasteiger partial charge in [-0.15, -0.1) is 0 Å². The topological polar surface area (TPSA) is 72.7 Å². The average molecular weight is 298 g/mol. The summed E-state index contributed by atoms with van der Waals surface area (Å²) in [5.74, 6) is -1.82. The van der Waals surface area contributed by atoms with Crippen molar-refractivity contribution >= 4 is 17.3 Å². The minimum Gasteiger partial charge on any atom is -0.465 e. The molecule has 0 saturated carbocycles. The van der Waals surface area contributed by atoms with Gasteiger partial charge in [-0.2, -0.15) is 0 Å². The molecule has 1 atom stereocenters. The summed E-state index contributed by atoms with van der Waals surface area (Å²) in [6.45, 7) is 3.91. The second kappa shape index (κ2) is 7.01. The second-order valence-electron chi connectivity index (χ2n) is 4.82. The highest BCUT2D eigenvalue weighted by molar-refractivity contribution is 5.92. The lowest BCUT2D eigenvalue weighted by Gasteiger charge is -2.26. The molecule has 21 heavy (non-hydrogen) atoms. The Morgan fingerprint density at radius 2 is 2.14 bits per heavy atom. The van der Waals surface area contributed by atoms with Crippen LogP contribution in [0.3, 0.4) is 0 Å². The number of hydrogen-bond acceptors (Lipinski definition) is 5. The van der Waals surface area contributed by atoms with Gasteiger partial charge in [0, 0.05) is 13.1 Å². The van der Waals surface area contributed by atoms with E-state index >= 15 is 0 Å². The molecular formula is C14H19FN2O4. The van der Waals surface area contributed by atoms with Crippen LogP contribution in [0.15, 0.2) is 12.1 Å². The van der Waals surface area contributed by atoms with Crippen molar-refractivity contribution < 1.29 is 18.8 Å². The zero-order valence-electron chi connectivity index (χ0n) is 12.6. The highest BCUT2D eigenvalue weighted by Crippen LogP contribution is 2.32. The highest BCUT2D eigenvalue weighted by atomic mass is 19.1. The van der Waals surface area contributed by atoms with Crippen molar-refractivity contribution in [2.45, 2.75) is 32.7 Å². The van der Waals surface area contributed by atoms with Gasteiger partial charge >= 0.3 is 5.97 Å². The molecule has 0 radical (unpaired) electrons. The average Bonchev–Trinajstić information content (AvgIpc) is 2.45. The van der Waals surface area contributed by atoms with Crippen molar-refractivity contribution in [2.75, 3.05) is 19.1 Å². The fourth-order valence-corrected chi connectivity index (χ4v) is 2.10. The van der Waals surface area contributed by atoms with E-state index in [0.29, 0.717) is 0 Å². The number of carbonyl (C=O) groups excluding carboxylic acids is 1. The van der Waals surface area contributed by atoms with Gasteiger partial charge < -0.3 is 9.64 Å². The van der Waals surface area contributed by atoms with Gasteiger partial charge in [0.15, 0.2) is 0 Å². The minimum absolute atomic E-state index is 0.0182. The number of hydrogen-bond donors (Lipinski definition) is 0. The molecule has 0 fully saturated rings. The number of anilines is 1. The van der Waals surface area contributed by atoms with Crippen LogP contribution in [-0.4, -0.2) is 31.1 Å². The van der Waals surface area contributed by atoms with Gasteiger partial charge in [0.2, 0.25) is 0 Å². The summed E-state index contributed by atoms with van der Waals surface area (Å²) in [4.78, 5) is 23.7. The van der Waals surface area contributed by atoms with E-state index in [9.17, 15) is 19.3 Å². The fraction of sp³-hybridized carbons (Fsp3) is 0.500. The van der Waals surface area contributed by atoms with Crippen LogP contribution in [0.2, 0.25) is 0 Å². The quantitative estimate of drug-likeness (QED) is 0.458. The number of esters is 1. The molecule has 6 nitrogen and oxygen atoms in total. The molecule has 1 rings (SSSR count). The summed E-state index contributed by atoms with van der Waals surface area (Å²) in [6, 6.07) is 1.95. The lowest BCUT2D eigenvalue weighted by atomic mass is 10.1. The maximum absolute atomic E-state index is 13.8. The maximum atomic E-state index is 13.8. The maximum Gasteiger partial charge on any atom is 0.340 e. The number of rotatable bonds is 6. The SMILES string of the molecule is CCCC(C)N(C)c1cc(C(=O)OC)c(F)cc1[N+](=O)[O-]. The Morgan fingerprint density at radius 3 is 2.62 bits per heavy atom. The number of methoxy groups -OCH3 is 1. The Balaban J connectivity index is 3.38. The zero-order chi connectivity index (χ0) is 16.2. The molecule has 0 spiro atoms. The summed E-state index contributed by atoms with van der Waals surface area (Å²) in [5.41, 5.74) is -0.484. The van der Waals surface area contributed by atoms with E-state index in [4.69, 9.17) is 0 Å². The van der Waals surface area contributed by atoms with Crippen LogP contribution in [0.1, 0.15) is 37.0 Å². The van der Waals surface area contributed by atoms with Gasteiger partial charge in [0.1, 0.15) is 11.5 Å². The monoisotopic (exact) mass is 298 g/mol. The van der Waals surface area contributed by atoms with Crippen molar-refractivity contribution in [3.63, 3.8) is 0 Å². The lowest BCUT2D eigenvalue weighted by molar-refractivity contribution is -0.384. The van der Waals surface area contributed by atoms with Crippen LogP contribution >= 0.6 is 0 Å². The standard InChI is InChI=1S/C14H19FN2O4/c1-5-6-9(2)16(3)12-7-10(14(18)21-4)11(15)8-13(12)17(19)20/h7-9H,5-6H2,1-4H3. The summed E-state index contributed by atoms with van der Waals surface area (Å²) in [5, 5.41) is 11.1. The fourth-order valence-electron chi connectivity index (χ4n) is 2.10. The molecule has 1 aromatic carbocycles. The van der Waals surface area contributed by atoms with E-state index in [1.54, 1.807) is 11.9 Å². The summed E-state index contributed by atoms with van der Waals surface area (Å²) < 4.78 is 18.3. The van der Waals surface area contributed by atoms with Gasteiger partial charge in [-0.3, -0.25) is 10.1 Å². The van der Waals surface area contributed by atoms with E-state index in [0.717, 1.165) is 26.0 Å². The third-order valence-corrected chi connectivity index (χ3v) is 3.41. The summed E-state index contributed by atoms with van der Waals surface area (Å²) in [6.07, 6.45) is 1.73. The Morgan fingerprint density at radius 1 is 1.52 bits per heavy atom. The Hall–Kier alpha value is -2.18. The molecule has 0 heterocycles. The molecule has 0 saturated heterocycles. The molecule has 0 N–H and O–H groups in total. The largest absolute Gasteiger partial charge is 0.465 e. The molecule has 1 unspecified atom stereocenters. The predicted molar refractivity (Wildman–Crippen MR) is 77.2 cm³/mol. The Bertz CT molecular complexity index is 548. The lowest BCUT2D eigenvalue weighted by Crippen LogP contribution is -2.29. The highest BCUT2D eigenvalue weighted by Gasteiger charge is 2.26. The molecule has 0 aromatic heterocycles. The first kappa shape index (κ1) is 16.9. The van der Waals surface area contributed by atoms with E-state index in [1.165, 1.54) is 6.07 Å². The van der Waals surface area contributed by atoms with Gasteiger partial charge in [-0.1, -0.05) is 13.3 Å². The molecule has 0 aliphatic carbocycles. The first-order chi connectivity index (χ1) is 9.83. The normalized spacial score (nSPS) is 11.9. The summed E-state index contributed by atoms with van der Waals surface area (Å²) in [7, 11) is 2.81. The molecular weight excluding hydrogens is 279 g/mol. The molecule has 7 heteroatoms. The second-order valence-corrected chi connectivity index (χ2v) is 4.82. The van der Waals surface area contributed by atoms with Crippen LogP contribution in [0.4, 0.5) is 15.8 Å². The zero-order valence-corrected chi connectivity index (χ0v) is 12.6. The minimum atomic E-state index is -0.964. The van der Waals surface area contributed by atoms with Crippen molar-refractivity contribution in [3.05, 3.63) is 33.6 Å². The number of carbonyl (C=O) groups is 1. The van der Waals surface area contributed by atoms with Crippen LogP contribution in [0.5, 0.6) is 0 Å². The van der Waals surface area contributed by atoms with E-state index in [-0.39, 0.29) is 23.0 Å². The molecule has 0 bridgehead atoms. The van der Waals surface area contributed by atoms with Crippen molar-refractivity contribution in [2.24, 2.45) is 0 Å². The van der Waals surface area contributed by atoms with Gasteiger partial charge in [-0.25, -0.2) is 9.18 Å². The third kappa shape index (κ3) is 3.68. The Kier molecular flexibility index (Phi) is 5.63. The Labute approximate surface area is 122 Å². The van der Waals surface area contributed by atoms with Gasteiger partial charge in [0.25, 0.3) is 5.69 Å². The molecule has 116 valence electrons. The van der Waals surface area contributed by atoms with Crippen molar-refractivity contribution in [3.8, 4) is 0 Å². The van der Waals surface area contributed by atoms with Crippen LogP contribution in [0.25, 0.3) is 0 Å². The number of nitrogens with zero attached hydrogens (tertiary/aromatic N) is 2. The van der Waals surface area contributed by atoms with E-state index in [1.807, 2.05) is 13.8 Å². The summed E-state index contributed by atoms with van der Waals surface area (Å²) >= 11 is 0. The first-order valence-corrected chi connectivity index (χ1v) is 6.62. The molecule has 1 aromatic rings. The number of ether oxygens (including phenoxy) is 1. The number of benzene rings is 1. The predicted octanol–water partition coefficient (Wildman–Crippen LogP) is 3.15. The van der Waals surface area contributed by atoms with Gasteiger partial charge in [0.05, 0.1) is 23.7 Å². The molecule has 0 aliphatic heterocycles. The van der Waals surface area contributed by atoms with Gasteiger partial charge in [-0.05, 0) is 19.4 Å². The van der Waals surface area contributed by atoms with E-state index in [2.05, 4.69) is 4.74 Å². The number of nitro benzene ring substituents is 1. The number of nitro groups is 1. The van der Waals surface area contributed by atoms with Crippen LogP contribution < -0.4 is 4.90 Å². The third-order valence-electron chi connectivity index (χ3n) is 3.41. The number of halogens is 1. The molecule has 0 aliphatic rings. The van der Waals surface area contributed by atoms with Crippen LogP contribution in [0, 0.1) is 15.9 Å². The van der Waals surface area contributed by atoms with Crippen molar-refractivity contribution in [1.29, 1.82) is 0 Å². The smallest absolute Gasteiger partial charge is 0.340 e. The van der Waals surface area contributed by atoms with E-state index < -0.39 is 16.7 Å². The molecule has 0 amide bonds. The van der Waals surface area contributed by atoms with Crippen molar-refractivity contribution in [1.82, 2.24) is 0 Å². The van der Waals surface area contributed by atoms with Crippen LogP contribution in [-0.2, 0) is 4.74 Å². The first-order valence-electron chi connectivity index (χ1n) is 6.62.